The third kappa shape index (κ3) is 4.59. The molecule has 0 unspecified atom stereocenters. The number of halogens is 1. The van der Waals surface area contributed by atoms with Crippen LogP contribution in [0, 0.1) is 5.82 Å². The molecule has 2 aromatic rings. The predicted molar refractivity (Wildman–Crippen MR) is 76.5 cm³/mol. The van der Waals surface area contributed by atoms with E-state index < -0.39 is 5.82 Å². The quantitative estimate of drug-likeness (QED) is 0.791. The fourth-order valence-corrected chi connectivity index (χ4v) is 1.98. The fourth-order valence-electron chi connectivity index (χ4n) is 1.98. The first-order valence-corrected chi connectivity index (χ1v) is 6.74. The molecular weight excluding hydrogens is 273 g/mol. The molecule has 1 heterocycles. The number of hydrogen-bond donors (Lipinski definition) is 1. The number of aromatic nitrogens is 2. The first-order valence-electron chi connectivity index (χ1n) is 6.74. The van der Waals surface area contributed by atoms with E-state index in [1.807, 2.05) is 10.8 Å². The molecule has 6 heteroatoms. The van der Waals surface area contributed by atoms with E-state index in [9.17, 15) is 9.18 Å². The maximum Gasteiger partial charge on any atom is 0.224 e. The van der Waals surface area contributed by atoms with Crippen molar-refractivity contribution in [1.82, 2.24) is 14.9 Å². The standard InChI is InChI=1S/C15H18FN3O2/c1-21-14-4-3-12(9-13(14)16)10-15(20)18-5-2-7-19-8-6-17-11-19/h3-4,6,8-9,11H,2,5,7,10H2,1H3,(H,18,20). The van der Waals surface area contributed by atoms with E-state index in [2.05, 4.69) is 10.3 Å². The topological polar surface area (TPSA) is 56.1 Å². The summed E-state index contributed by atoms with van der Waals surface area (Å²) in [6.45, 7) is 1.38. The van der Waals surface area contributed by atoms with Crippen molar-refractivity contribution in [3.63, 3.8) is 0 Å². The molecule has 21 heavy (non-hydrogen) atoms. The van der Waals surface area contributed by atoms with Gasteiger partial charge in [0.05, 0.1) is 19.9 Å². The minimum absolute atomic E-state index is 0.120. The van der Waals surface area contributed by atoms with Crippen LogP contribution in [0.3, 0.4) is 0 Å². The normalized spacial score (nSPS) is 10.4. The molecular formula is C15H18FN3O2. The summed E-state index contributed by atoms with van der Waals surface area (Å²) in [6.07, 6.45) is 6.31. The van der Waals surface area contributed by atoms with Crippen LogP contribution in [0.15, 0.2) is 36.9 Å². The maximum absolute atomic E-state index is 13.5. The molecule has 1 aromatic heterocycles. The number of nitrogens with zero attached hydrogens (tertiary/aromatic N) is 2. The lowest BCUT2D eigenvalue weighted by Crippen LogP contribution is -2.26. The van der Waals surface area contributed by atoms with Crippen LogP contribution in [0.5, 0.6) is 5.75 Å². The number of rotatable bonds is 7. The van der Waals surface area contributed by atoms with Crippen LogP contribution in [-0.2, 0) is 17.8 Å². The summed E-state index contributed by atoms with van der Waals surface area (Å²) in [5.41, 5.74) is 0.625. The molecule has 0 bridgehead atoms. The predicted octanol–water partition coefficient (Wildman–Crippen LogP) is 1.78. The molecule has 1 aromatic carbocycles. The highest BCUT2D eigenvalue weighted by Crippen LogP contribution is 2.17. The molecule has 0 aliphatic heterocycles. The van der Waals surface area contributed by atoms with Gasteiger partial charge in [0, 0.05) is 25.5 Å². The van der Waals surface area contributed by atoms with E-state index >= 15 is 0 Å². The Hall–Kier alpha value is -2.37. The highest BCUT2D eigenvalue weighted by atomic mass is 19.1. The van der Waals surface area contributed by atoms with Gasteiger partial charge in [-0.25, -0.2) is 9.37 Å². The van der Waals surface area contributed by atoms with Crippen molar-refractivity contribution in [2.45, 2.75) is 19.4 Å². The van der Waals surface area contributed by atoms with Gasteiger partial charge in [0.25, 0.3) is 0 Å². The molecule has 5 nitrogen and oxygen atoms in total. The van der Waals surface area contributed by atoms with E-state index in [1.165, 1.54) is 19.2 Å². The van der Waals surface area contributed by atoms with Crippen molar-refractivity contribution in [2.75, 3.05) is 13.7 Å². The Morgan fingerprint density at radius 1 is 1.48 bits per heavy atom. The second-order valence-corrected chi connectivity index (χ2v) is 4.65. The molecule has 0 atom stereocenters. The number of carbonyl (C=O) groups excluding carboxylic acids is 1. The molecule has 0 aliphatic rings. The highest BCUT2D eigenvalue weighted by Gasteiger charge is 2.07. The van der Waals surface area contributed by atoms with Crippen molar-refractivity contribution in [2.24, 2.45) is 0 Å². The van der Waals surface area contributed by atoms with Crippen LogP contribution < -0.4 is 10.1 Å². The zero-order valence-electron chi connectivity index (χ0n) is 11.9. The van der Waals surface area contributed by atoms with Crippen LogP contribution in [0.25, 0.3) is 0 Å². The summed E-state index contributed by atoms with van der Waals surface area (Å²) < 4.78 is 20.3. The first-order chi connectivity index (χ1) is 10.2. The van der Waals surface area contributed by atoms with Gasteiger partial charge in [-0.1, -0.05) is 6.07 Å². The molecule has 2 rings (SSSR count). The van der Waals surface area contributed by atoms with Gasteiger partial charge >= 0.3 is 0 Å². The highest BCUT2D eigenvalue weighted by molar-refractivity contribution is 5.78. The van der Waals surface area contributed by atoms with Crippen LogP contribution >= 0.6 is 0 Å². The zero-order valence-corrected chi connectivity index (χ0v) is 11.9. The van der Waals surface area contributed by atoms with E-state index in [-0.39, 0.29) is 18.1 Å². The smallest absolute Gasteiger partial charge is 0.224 e. The van der Waals surface area contributed by atoms with E-state index in [0.29, 0.717) is 12.1 Å². The lowest BCUT2D eigenvalue weighted by molar-refractivity contribution is -0.120. The SMILES string of the molecule is COc1ccc(CC(=O)NCCCn2ccnc2)cc1F. The van der Waals surface area contributed by atoms with E-state index in [1.54, 1.807) is 18.6 Å². The summed E-state index contributed by atoms with van der Waals surface area (Å²) in [5, 5.41) is 2.82. The third-order valence-electron chi connectivity index (χ3n) is 3.06. The average molecular weight is 291 g/mol. The Kier molecular flexibility index (Phi) is 5.31. The van der Waals surface area contributed by atoms with Crippen LogP contribution in [0.1, 0.15) is 12.0 Å². The average Bonchev–Trinajstić information content (AvgIpc) is 2.97. The molecule has 112 valence electrons. The van der Waals surface area contributed by atoms with Crippen LogP contribution in [0.2, 0.25) is 0 Å². The monoisotopic (exact) mass is 291 g/mol. The lowest BCUT2D eigenvalue weighted by Gasteiger charge is -2.07. The third-order valence-corrected chi connectivity index (χ3v) is 3.06. The Morgan fingerprint density at radius 3 is 3.00 bits per heavy atom. The first kappa shape index (κ1) is 15.0. The number of aryl methyl sites for hydroxylation is 1. The van der Waals surface area contributed by atoms with Gasteiger partial charge in [0.15, 0.2) is 11.6 Å². The number of carbonyl (C=O) groups is 1. The summed E-state index contributed by atoms with van der Waals surface area (Å²) >= 11 is 0. The molecule has 0 spiro atoms. The fraction of sp³-hybridized carbons (Fsp3) is 0.333. The van der Waals surface area contributed by atoms with Crippen molar-refractivity contribution >= 4 is 5.91 Å². The van der Waals surface area contributed by atoms with Gasteiger partial charge in [-0.15, -0.1) is 0 Å². The number of imidazole rings is 1. The van der Waals surface area contributed by atoms with Gasteiger partial charge in [-0.05, 0) is 24.1 Å². The summed E-state index contributed by atoms with van der Waals surface area (Å²) in [7, 11) is 1.41. The summed E-state index contributed by atoms with van der Waals surface area (Å²) in [5.74, 6) is -0.396. The van der Waals surface area contributed by atoms with Crippen molar-refractivity contribution in [3.05, 3.63) is 48.3 Å². The minimum Gasteiger partial charge on any atom is -0.494 e. The van der Waals surface area contributed by atoms with E-state index in [0.717, 1.165) is 13.0 Å². The summed E-state index contributed by atoms with van der Waals surface area (Å²) in [4.78, 5) is 15.7. The molecule has 0 fully saturated rings. The lowest BCUT2D eigenvalue weighted by atomic mass is 10.1. The molecule has 0 saturated carbocycles. The van der Waals surface area contributed by atoms with Crippen molar-refractivity contribution in [3.8, 4) is 5.75 Å². The maximum atomic E-state index is 13.5. The van der Waals surface area contributed by atoms with Crippen LogP contribution in [0.4, 0.5) is 4.39 Å². The van der Waals surface area contributed by atoms with Crippen molar-refractivity contribution < 1.29 is 13.9 Å². The Balaban J connectivity index is 1.72. The van der Waals surface area contributed by atoms with Gasteiger partial charge in [0.2, 0.25) is 5.91 Å². The molecule has 1 amide bonds. The zero-order chi connectivity index (χ0) is 15.1. The van der Waals surface area contributed by atoms with Gasteiger partial charge in [0.1, 0.15) is 0 Å². The van der Waals surface area contributed by atoms with Crippen molar-refractivity contribution in [1.29, 1.82) is 0 Å². The number of methoxy groups -OCH3 is 1. The Bertz CT molecular complexity index is 585. The second-order valence-electron chi connectivity index (χ2n) is 4.65. The number of ether oxygens (including phenoxy) is 1. The largest absolute Gasteiger partial charge is 0.494 e. The molecule has 0 saturated heterocycles. The van der Waals surface area contributed by atoms with Gasteiger partial charge < -0.3 is 14.6 Å². The minimum atomic E-state index is -0.456. The Labute approximate surface area is 122 Å². The Morgan fingerprint density at radius 2 is 2.33 bits per heavy atom. The number of hydrogen-bond acceptors (Lipinski definition) is 3. The van der Waals surface area contributed by atoms with Gasteiger partial charge in [-0.2, -0.15) is 0 Å². The molecule has 0 radical (unpaired) electrons. The molecule has 0 aliphatic carbocycles. The second kappa shape index (κ2) is 7.42. The van der Waals surface area contributed by atoms with Crippen LogP contribution in [-0.4, -0.2) is 29.1 Å². The number of benzene rings is 1. The number of nitrogens with one attached hydrogen (secondary N) is 1. The van der Waals surface area contributed by atoms with E-state index in [4.69, 9.17) is 4.74 Å². The van der Waals surface area contributed by atoms with Gasteiger partial charge in [-0.3, -0.25) is 4.79 Å². The number of amides is 1. The molecule has 1 N–H and O–H groups in total. The summed E-state index contributed by atoms with van der Waals surface area (Å²) in [6, 6.07) is 4.54.